The predicted octanol–water partition coefficient (Wildman–Crippen LogP) is 8.29. The molecule has 0 atom stereocenters. The Morgan fingerprint density at radius 2 is 1.43 bits per heavy atom. The van der Waals surface area contributed by atoms with Crippen LogP contribution in [0.15, 0.2) is 103 Å². The lowest BCUT2D eigenvalue weighted by Gasteiger charge is -2.20. The van der Waals surface area contributed by atoms with Crippen molar-refractivity contribution in [2.75, 3.05) is 7.11 Å². The predicted molar refractivity (Wildman–Crippen MR) is 151 cm³/mol. The summed E-state index contributed by atoms with van der Waals surface area (Å²) in [5.74, 6) is -0.336. The van der Waals surface area contributed by atoms with E-state index in [4.69, 9.17) is 9.47 Å². The number of esters is 1. The second kappa shape index (κ2) is 10.8. The molecule has 0 unspecified atom stereocenters. The maximum absolute atomic E-state index is 12.8. The van der Waals surface area contributed by atoms with Crippen LogP contribution in [0.4, 0.5) is 0 Å². The molecule has 3 heteroatoms. The van der Waals surface area contributed by atoms with E-state index in [2.05, 4.69) is 73.7 Å². The first-order chi connectivity index (χ1) is 18.1. The molecular weight excluding hydrogens is 456 g/mol. The normalized spacial score (nSPS) is 11.0. The zero-order valence-corrected chi connectivity index (χ0v) is 21.5. The fourth-order valence-electron chi connectivity index (χ4n) is 5.04. The molecule has 5 rings (SSSR count). The molecule has 184 valence electrons. The summed E-state index contributed by atoms with van der Waals surface area (Å²) >= 11 is 0. The first kappa shape index (κ1) is 24.5. The molecule has 5 aromatic carbocycles. The van der Waals surface area contributed by atoms with Gasteiger partial charge in [-0.3, -0.25) is 0 Å². The van der Waals surface area contributed by atoms with Crippen molar-refractivity contribution in [3.05, 3.63) is 131 Å². The summed E-state index contributed by atoms with van der Waals surface area (Å²) in [5.41, 5.74) is 9.22. The lowest BCUT2D eigenvalue weighted by Crippen LogP contribution is -2.06. The fraction of sp³-hybridized carbons (Fsp3) is 0.147. The van der Waals surface area contributed by atoms with E-state index >= 15 is 0 Å². The first-order valence-corrected chi connectivity index (χ1v) is 12.5. The number of rotatable bonds is 7. The van der Waals surface area contributed by atoms with Crippen LogP contribution in [0.5, 0.6) is 0 Å². The Balaban J connectivity index is 1.66. The van der Waals surface area contributed by atoms with Gasteiger partial charge in [0.1, 0.15) is 0 Å². The van der Waals surface area contributed by atoms with Crippen LogP contribution in [-0.2, 0) is 22.7 Å². The van der Waals surface area contributed by atoms with Gasteiger partial charge in [0.2, 0.25) is 0 Å². The van der Waals surface area contributed by atoms with Crippen LogP contribution in [0.1, 0.15) is 32.6 Å². The highest BCUT2D eigenvalue weighted by molar-refractivity contribution is 6.08. The van der Waals surface area contributed by atoms with Crippen molar-refractivity contribution >= 4 is 16.7 Å². The van der Waals surface area contributed by atoms with Gasteiger partial charge in [0.25, 0.3) is 0 Å². The van der Waals surface area contributed by atoms with Crippen molar-refractivity contribution in [1.82, 2.24) is 0 Å². The molecule has 0 N–H and O–H groups in total. The van der Waals surface area contributed by atoms with Gasteiger partial charge < -0.3 is 9.47 Å². The molecule has 0 aliphatic heterocycles. The van der Waals surface area contributed by atoms with Gasteiger partial charge in [-0.25, -0.2) is 4.79 Å². The highest BCUT2D eigenvalue weighted by Crippen LogP contribution is 2.42. The molecule has 0 amide bonds. The maximum Gasteiger partial charge on any atom is 0.338 e. The van der Waals surface area contributed by atoms with Gasteiger partial charge in [0.05, 0.1) is 25.9 Å². The smallest absolute Gasteiger partial charge is 0.338 e. The lowest BCUT2D eigenvalue weighted by atomic mass is 9.84. The van der Waals surface area contributed by atoms with E-state index in [1.807, 2.05) is 43.3 Å². The molecule has 0 saturated carbocycles. The zero-order valence-electron chi connectivity index (χ0n) is 21.5. The first-order valence-electron chi connectivity index (χ1n) is 12.5. The Kier molecular flexibility index (Phi) is 7.16. The molecule has 3 nitrogen and oxygen atoms in total. The maximum atomic E-state index is 12.8. The third-order valence-electron chi connectivity index (χ3n) is 6.96. The average molecular weight is 487 g/mol. The Morgan fingerprint density at radius 3 is 2.24 bits per heavy atom. The van der Waals surface area contributed by atoms with Gasteiger partial charge in [-0.05, 0) is 75.2 Å². The van der Waals surface area contributed by atoms with Gasteiger partial charge >= 0.3 is 5.97 Å². The number of methoxy groups -OCH3 is 1. The Morgan fingerprint density at radius 1 is 0.676 bits per heavy atom. The molecule has 37 heavy (non-hydrogen) atoms. The number of hydrogen-bond donors (Lipinski definition) is 0. The summed E-state index contributed by atoms with van der Waals surface area (Å²) < 4.78 is 11.3. The molecule has 0 aliphatic carbocycles. The number of hydrogen-bond acceptors (Lipinski definition) is 3. The van der Waals surface area contributed by atoms with Crippen LogP contribution in [0.3, 0.4) is 0 Å². The molecule has 0 heterocycles. The van der Waals surface area contributed by atoms with Gasteiger partial charge in [-0.2, -0.15) is 0 Å². The van der Waals surface area contributed by atoms with Crippen LogP contribution in [0.25, 0.3) is 33.0 Å². The molecule has 0 saturated heterocycles. The minimum Gasteiger partial charge on any atom is -0.465 e. The minimum absolute atomic E-state index is 0.336. The topological polar surface area (TPSA) is 35.5 Å². The quantitative estimate of drug-likeness (QED) is 0.217. The van der Waals surface area contributed by atoms with Crippen molar-refractivity contribution in [3.8, 4) is 22.3 Å². The van der Waals surface area contributed by atoms with Crippen LogP contribution in [0.2, 0.25) is 0 Å². The highest BCUT2D eigenvalue weighted by Gasteiger charge is 2.21. The number of carbonyl (C=O) groups excluding carboxylic acids is 1. The number of fused-ring (bicyclic) bond motifs is 1. The Hall–Kier alpha value is -4.21. The van der Waals surface area contributed by atoms with Crippen LogP contribution in [0, 0.1) is 13.8 Å². The molecule has 0 spiro atoms. The molecule has 0 fully saturated rings. The molecule has 0 radical (unpaired) electrons. The zero-order chi connectivity index (χ0) is 25.8. The number of ether oxygens (including phenoxy) is 2. The monoisotopic (exact) mass is 486 g/mol. The molecule has 0 bridgehead atoms. The largest absolute Gasteiger partial charge is 0.465 e. The molecule has 0 aliphatic rings. The third-order valence-corrected chi connectivity index (χ3v) is 6.96. The second-order valence-corrected chi connectivity index (χ2v) is 9.27. The van der Waals surface area contributed by atoms with Gasteiger partial charge in [0.15, 0.2) is 0 Å². The summed E-state index contributed by atoms with van der Waals surface area (Å²) in [6, 6.07) is 35.1. The molecule has 0 aromatic heterocycles. The van der Waals surface area contributed by atoms with Crippen molar-refractivity contribution < 1.29 is 14.3 Å². The number of benzene rings is 5. The standard InChI is InChI=1S/C34H30O3/c1-23-11-9-18-31(34(35)36-3)32(23)30-20-19-26-14-7-8-16-29(26)33(30)28-17-10-15-27(24(28)2)22-37-21-25-12-5-4-6-13-25/h4-20H,21-22H2,1-3H3. The summed E-state index contributed by atoms with van der Waals surface area (Å²) in [4.78, 5) is 12.8. The van der Waals surface area contributed by atoms with Crippen molar-refractivity contribution in [3.63, 3.8) is 0 Å². The van der Waals surface area contributed by atoms with E-state index in [1.165, 1.54) is 12.7 Å². The van der Waals surface area contributed by atoms with Crippen molar-refractivity contribution in [1.29, 1.82) is 0 Å². The van der Waals surface area contributed by atoms with Crippen LogP contribution >= 0.6 is 0 Å². The molecular formula is C34H30O3. The van der Waals surface area contributed by atoms with E-state index in [0.717, 1.165) is 49.7 Å². The van der Waals surface area contributed by atoms with E-state index in [0.29, 0.717) is 18.8 Å². The third kappa shape index (κ3) is 4.91. The van der Waals surface area contributed by atoms with Crippen molar-refractivity contribution in [2.45, 2.75) is 27.1 Å². The summed E-state index contributed by atoms with van der Waals surface area (Å²) in [5, 5.41) is 2.30. The number of carbonyl (C=O) groups is 1. The van der Waals surface area contributed by atoms with Gasteiger partial charge in [-0.1, -0.05) is 97.1 Å². The second-order valence-electron chi connectivity index (χ2n) is 9.27. The van der Waals surface area contributed by atoms with E-state index < -0.39 is 0 Å². The van der Waals surface area contributed by atoms with Gasteiger partial charge in [-0.15, -0.1) is 0 Å². The Bertz CT molecular complexity index is 1570. The summed E-state index contributed by atoms with van der Waals surface area (Å²) in [6.45, 7) is 5.28. The van der Waals surface area contributed by atoms with Crippen LogP contribution < -0.4 is 0 Å². The van der Waals surface area contributed by atoms with E-state index in [9.17, 15) is 4.79 Å². The van der Waals surface area contributed by atoms with Gasteiger partial charge in [0, 0.05) is 0 Å². The summed E-state index contributed by atoms with van der Waals surface area (Å²) in [6.07, 6.45) is 0. The molecule has 5 aromatic rings. The minimum atomic E-state index is -0.336. The van der Waals surface area contributed by atoms with E-state index in [-0.39, 0.29) is 5.97 Å². The number of aryl methyl sites for hydroxylation is 1. The van der Waals surface area contributed by atoms with Crippen molar-refractivity contribution in [2.24, 2.45) is 0 Å². The van der Waals surface area contributed by atoms with Crippen LogP contribution in [-0.4, -0.2) is 13.1 Å². The highest BCUT2D eigenvalue weighted by atomic mass is 16.5. The Labute approximate surface area is 218 Å². The lowest BCUT2D eigenvalue weighted by molar-refractivity contribution is 0.0601. The SMILES string of the molecule is COC(=O)c1cccc(C)c1-c1ccc2ccccc2c1-c1cccc(COCc2ccccc2)c1C. The fourth-order valence-corrected chi connectivity index (χ4v) is 5.04. The summed E-state index contributed by atoms with van der Waals surface area (Å²) in [7, 11) is 1.43. The average Bonchev–Trinajstić information content (AvgIpc) is 2.93. The van der Waals surface area contributed by atoms with E-state index in [1.54, 1.807) is 0 Å².